The van der Waals surface area contributed by atoms with E-state index in [4.69, 9.17) is 0 Å². The van der Waals surface area contributed by atoms with Gasteiger partial charge in [-0.05, 0) is 38.1 Å². The van der Waals surface area contributed by atoms with E-state index in [9.17, 15) is 0 Å². The van der Waals surface area contributed by atoms with Crippen LogP contribution in [0.15, 0.2) is 30.3 Å². The van der Waals surface area contributed by atoms with Crippen molar-refractivity contribution in [3.63, 3.8) is 0 Å². The first-order valence-electron chi connectivity index (χ1n) is 5.46. The quantitative estimate of drug-likeness (QED) is 0.912. The van der Waals surface area contributed by atoms with E-state index in [0.29, 0.717) is 0 Å². The smallest absolute Gasteiger partial charge is 0.0340 e. The van der Waals surface area contributed by atoms with E-state index in [1.54, 1.807) is 0 Å². The first kappa shape index (κ1) is 22.6. The number of hydrogen-bond donors (Lipinski definition) is 1. The van der Waals surface area contributed by atoms with Gasteiger partial charge in [-0.15, -0.1) is 24.8 Å². The van der Waals surface area contributed by atoms with Crippen molar-refractivity contribution in [3.8, 4) is 0 Å². The van der Waals surface area contributed by atoms with Crippen LogP contribution in [0, 0.1) is 0 Å². The summed E-state index contributed by atoms with van der Waals surface area (Å²) in [5.74, 6) is 0. The summed E-state index contributed by atoms with van der Waals surface area (Å²) in [6.07, 6.45) is 2.76. The van der Waals surface area contributed by atoms with Gasteiger partial charge in [0.05, 0.1) is 0 Å². The van der Waals surface area contributed by atoms with Gasteiger partial charge in [-0.3, -0.25) is 0 Å². The SMILES string of the molecule is Cl.Cl.O.O.c1ccc(NCCN2CCCC2)cc1. The Morgan fingerprint density at radius 1 is 0.944 bits per heavy atom. The fourth-order valence-electron chi connectivity index (χ4n) is 1.92. The molecule has 0 unspecified atom stereocenters. The Bertz CT molecular complexity index is 270. The highest BCUT2D eigenvalue weighted by Crippen LogP contribution is 2.07. The molecule has 0 bridgehead atoms. The minimum Gasteiger partial charge on any atom is -0.412 e. The molecule has 0 aliphatic carbocycles. The zero-order valence-corrected chi connectivity index (χ0v) is 12.0. The molecule has 4 nitrogen and oxygen atoms in total. The van der Waals surface area contributed by atoms with E-state index in [2.05, 4.69) is 34.5 Å². The summed E-state index contributed by atoms with van der Waals surface area (Å²) in [4.78, 5) is 2.52. The summed E-state index contributed by atoms with van der Waals surface area (Å²) in [6.45, 7) is 4.81. The maximum Gasteiger partial charge on any atom is 0.0340 e. The highest BCUT2D eigenvalue weighted by Gasteiger charge is 2.09. The van der Waals surface area contributed by atoms with Gasteiger partial charge in [0.15, 0.2) is 0 Å². The standard InChI is InChI=1S/C12H18N2.2ClH.2H2O/c1-2-6-12(7-3-1)13-8-11-14-9-4-5-10-14;;;;/h1-3,6-7,13H,4-5,8-11H2;2*1H;2*1H2. The van der Waals surface area contributed by atoms with Gasteiger partial charge in [0, 0.05) is 18.8 Å². The van der Waals surface area contributed by atoms with Gasteiger partial charge < -0.3 is 21.2 Å². The lowest BCUT2D eigenvalue weighted by Crippen LogP contribution is -2.25. The summed E-state index contributed by atoms with van der Waals surface area (Å²) in [6, 6.07) is 10.4. The van der Waals surface area contributed by atoms with Crippen molar-refractivity contribution < 1.29 is 11.0 Å². The summed E-state index contributed by atoms with van der Waals surface area (Å²) < 4.78 is 0. The van der Waals surface area contributed by atoms with Crippen LogP contribution in [-0.4, -0.2) is 42.0 Å². The summed E-state index contributed by atoms with van der Waals surface area (Å²) in [5.41, 5.74) is 1.23. The van der Waals surface area contributed by atoms with Crippen LogP contribution in [0.1, 0.15) is 12.8 Å². The Morgan fingerprint density at radius 2 is 1.50 bits per heavy atom. The topological polar surface area (TPSA) is 78.3 Å². The third-order valence-electron chi connectivity index (χ3n) is 2.73. The van der Waals surface area contributed by atoms with E-state index in [-0.39, 0.29) is 35.8 Å². The van der Waals surface area contributed by atoms with Crippen molar-refractivity contribution in [2.24, 2.45) is 0 Å². The van der Waals surface area contributed by atoms with Crippen LogP contribution in [0.2, 0.25) is 0 Å². The van der Waals surface area contributed by atoms with E-state index in [0.717, 1.165) is 6.54 Å². The molecule has 18 heavy (non-hydrogen) atoms. The van der Waals surface area contributed by atoms with Gasteiger partial charge in [-0.1, -0.05) is 18.2 Å². The van der Waals surface area contributed by atoms with Gasteiger partial charge in [0.25, 0.3) is 0 Å². The number of likely N-dealkylation sites (tertiary alicyclic amines) is 1. The first-order valence-corrected chi connectivity index (χ1v) is 5.46. The number of nitrogens with zero attached hydrogens (tertiary/aromatic N) is 1. The van der Waals surface area contributed by atoms with E-state index >= 15 is 0 Å². The average Bonchev–Trinajstić information content (AvgIpc) is 2.72. The molecule has 5 N–H and O–H groups in total. The van der Waals surface area contributed by atoms with Crippen LogP contribution in [0.5, 0.6) is 0 Å². The summed E-state index contributed by atoms with van der Waals surface area (Å²) >= 11 is 0. The molecule has 0 saturated carbocycles. The Hall–Kier alpha value is -0.520. The number of para-hydroxylation sites is 1. The van der Waals surface area contributed by atoms with Crippen LogP contribution in [0.25, 0.3) is 0 Å². The lowest BCUT2D eigenvalue weighted by atomic mass is 10.3. The molecule has 0 aromatic heterocycles. The third-order valence-corrected chi connectivity index (χ3v) is 2.73. The van der Waals surface area contributed by atoms with Crippen molar-refractivity contribution >= 4 is 30.5 Å². The normalized spacial score (nSPS) is 13.3. The number of halogens is 2. The molecule has 1 aromatic carbocycles. The molecule has 108 valence electrons. The lowest BCUT2D eigenvalue weighted by molar-refractivity contribution is 0.352. The van der Waals surface area contributed by atoms with E-state index in [1.165, 1.54) is 38.2 Å². The average molecular weight is 299 g/mol. The Balaban J connectivity index is -0.000000562. The predicted octanol–water partition coefficient (Wildman–Crippen LogP) is 1.39. The van der Waals surface area contributed by atoms with Crippen molar-refractivity contribution in [1.29, 1.82) is 0 Å². The minimum absolute atomic E-state index is 0. The maximum atomic E-state index is 3.43. The van der Waals surface area contributed by atoms with Crippen molar-refractivity contribution in [2.45, 2.75) is 12.8 Å². The van der Waals surface area contributed by atoms with Crippen LogP contribution in [0.3, 0.4) is 0 Å². The second kappa shape index (κ2) is 12.9. The molecule has 6 heteroatoms. The van der Waals surface area contributed by atoms with E-state index in [1.807, 2.05) is 6.07 Å². The molecular weight excluding hydrogens is 275 g/mol. The molecule has 1 aliphatic heterocycles. The number of benzene rings is 1. The highest BCUT2D eigenvalue weighted by molar-refractivity contribution is 5.85. The van der Waals surface area contributed by atoms with Gasteiger partial charge in [-0.2, -0.15) is 0 Å². The molecule has 1 heterocycles. The zero-order chi connectivity index (χ0) is 9.64. The number of rotatable bonds is 4. The molecule has 1 aromatic rings. The molecular formula is C12H24Cl2N2O2. The Labute approximate surface area is 121 Å². The lowest BCUT2D eigenvalue weighted by Gasteiger charge is -2.15. The number of anilines is 1. The molecule has 1 saturated heterocycles. The molecule has 0 atom stereocenters. The fraction of sp³-hybridized carbons (Fsp3) is 0.500. The van der Waals surface area contributed by atoms with Gasteiger partial charge in [0.2, 0.25) is 0 Å². The van der Waals surface area contributed by atoms with Crippen LogP contribution in [-0.2, 0) is 0 Å². The first-order chi connectivity index (χ1) is 6.95. The summed E-state index contributed by atoms with van der Waals surface area (Å²) in [5, 5.41) is 3.43. The van der Waals surface area contributed by atoms with Crippen LogP contribution in [0.4, 0.5) is 5.69 Å². The fourth-order valence-corrected chi connectivity index (χ4v) is 1.92. The minimum atomic E-state index is 0. The molecule has 0 radical (unpaired) electrons. The van der Waals surface area contributed by atoms with Gasteiger partial charge in [0.1, 0.15) is 0 Å². The van der Waals surface area contributed by atoms with Crippen molar-refractivity contribution in [1.82, 2.24) is 4.90 Å². The molecule has 0 amide bonds. The largest absolute Gasteiger partial charge is 0.412 e. The van der Waals surface area contributed by atoms with Crippen molar-refractivity contribution in [2.75, 3.05) is 31.5 Å². The highest BCUT2D eigenvalue weighted by atomic mass is 35.5. The van der Waals surface area contributed by atoms with Crippen LogP contribution >= 0.6 is 24.8 Å². The van der Waals surface area contributed by atoms with E-state index < -0.39 is 0 Å². The monoisotopic (exact) mass is 298 g/mol. The Morgan fingerprint density at radius 3 is 2.06 bits per heavy atom. The number of hydrogen-bond acceptors (Lipinski definition) is 2. The number of nitrogens with one attached hydrogen (secondary N) is 1. The molecule has 1 aliphatic rings. The summed E-state index contributed by atoms with van der Waals surface area (Å²) in [7, 11) is 0. The van der Waals surface area contributed by atoms with Gasteiger partial charge in [-0.25, -0.2) is 0 Å². The molecule has 0 spiro atoms. The molecule has 2 rings (SSSR count). The third kappa shape index (κ3) is 7.74. The second-order valence-electron chi connectivity index (χ2n) is 3.84. The zero-order valence-electron chi connectivity index (χ0n) is 10.4. The van der Waals surface area contributed by atoms with Gasteiger partial charge >= 0.3 is 0 Å². The Kier molecular flexibility index (Phi) is 16.3. The van der Waals surface area contributed by atoms with Crippen molar-refractivity contribution in [3.05, 3.63) is 30.3 Å². The predicted molar refractivity (Wildman–Crippen MR) is 82.3 cm³/mol. The second-order valence-corrected chi connectivity index (χ2v) is 3.84. The van der Waals surface area contributed by atoms with Crippen LogP contribution < -0.4 is 5.32 Å². The maximum absolute atomic E-state index is 3.43. The molecule has 1 fully saturated rings.